The van der Waals surface area contributed by atoms with Crippen LogP contribution in [0.15, 0.2) is 55.0 Å². The SMILES string of the molecule is c1cnc(N2CCCC(NCc3cccc4cccnc34)C2)nc1. The van der Waals surface area contributed by atoms with Gasteiger partial charge in [0, 0.05) is 49.7 Å². The smallest absolute Gasteiger partial charge is 0.225 e. The second-order valence-electron chi connectivity index (χ2n) is 6.21. The largest absolute Gasteiger partial charge is 0.339 e. The number of nitrogens with one attached hydrogen (secondary N) is 1. The lowest BCUT2D eigenvalue weighted by Crippen LogP contribution is -2.46. The maximum absolute atomic E-state index is 4.54. The molecule has 3 heterocycles. The lowest BCUT2D eigenvalue weighted by atomic mass is 10.0. The Morgan fingerprint density at radius 3 is 2.75 bits per heavy atom. The number of fused-ring (bicyclic) bond motifs is 1. The summed E-state index contributed by atoms with van der Waals surface area (Å²) in [5.41, 5.74) is 2.34. The van der Waals surface area contributed by atoms with Gasteiger partial charge in [0.05, 0.1) is 5.52 Å². The second kappa shape index (κ2) is 6.93. The van der Waals surface area contributed by atoms with Gasteiger partial charge in [0.2, 0.25) is 5.95 Å². The molecule has 1 fully saturated rings. The number of hydrogen-bond donors (Lipinski definition) is 1. The molecule has 0 bridgehead atoms. The van der Waals surface area contributed by atoms with Crippen LogP contribution >= 0.6 is 0 Å². The molecule has 0 spiro atoms. The van der Waals surface area contributed by atoms with Gasteiger partial charge in [-0.15, -0.1) is 0 Å². The van der Waals surface area contributed by atoms with Crippen molar-refractivity contribution in [2.45, 2.75) is 25.4 Å². The van der Waals surface area contributed by atoms with Crippen LogP contribution in [0.5, 0.6) is 0 Å². The van der Waals surface area contributed by atoms with Crippen LogP contribution in [0.2, 0.25) is 0 Å². The zero-order valence-corrected chi connectivity index (χ0v) is 13.6. The average molecular weight is 319 g/mol. The molecule has 1 saturated heterocycles. The summed E-state index contributed by atoms with van der Waals surface area (Å²) in [6, 6.07) is 12.8. The van der Waals surface area contributed by atoms with Crippen molar-refractivity contribution in [2.75, 3.05) is 18.0 Å². The van der Waals surface area contributed by atoms with Gasteiger partial charge in [-0.25, -0.2) is 9.97 Å². The van der Waals surface area contributed by atoms with Crippen LogP contribution in [0.4, 0.5) is 5.95 Å². The molecule has 2 aromatic heterocycles. The molecule has 5 nitrogen and oxygen atoms in total. The predicted octanol–water partition coefficient (Wildman–Crippen LogP) is 2.78. The van der Waals surface area contributed by atoms with Crippen LogP contribution in [0.3, 0.4) is 0 Å². The maximum Gasteiger partial charge on any atom is 0.225 e. The molecule has 1 N–H and O–H groups in total. The van der Waals surface area contributed by atoms with E-state index in [-0.39, 0.29) is 0 Å². The number of pyridine rings is 1. The molecule has 24 heavy (non-hydrogen) atoms. The highest BCUT2D eigenvalue weighted by atomic mass is 15.3. The summed E-state index contributed by atoms with van der Waals surface area (Å²) in [6.07, 6.45) is 7.81. The summed E-state index contributed by atoms with van der Waals surface area (Å²) in [5, 5.41) is 4.89. The number of benzene rings is 1. The molecule has 0 radical (unpaired) electrons. The van der Waals surface area contributed by atoms with Crippen LogP contribution in [0, 0.1) is 0 Å². The summed E-state index contributed by atoms with van der Waals surface area (Å²) in [5.74, 6) is 0.829. The zero-order valence-electron chi connectivity index (χ0n) is 13.6. The molecule has 1 aliphatic rings. The van der Waals surface area contributed by atoms with Crippen molar-refractivity contribution in [3.63, 3.8) is 0 Å². The fourth-order valence-corrected chi connectivity index (χ4v) is 3.34. The quantitative estimate of drug-likeness (QED) is 0.801. The van der Waals surface area contributed by atoms with E-state index in [1.54, 1.807) is 12.4 Å². The number of nitrogens with zero attached hydrogens (tertiary/aromatic N) is 4. The fraction of sp³-hybridized carbons (Fsp3) is 0.316. The molecular formula is C19H21N5. The zero-order chi connectivity index (χ0) is 16.2. The van der Waals surface area contributed by atoms with Crippen molar-refractivity contribution in [1.82, 2.24) is 20.3 Å². The van der Waals surface area contributed by atoms with E-state index in [2.05, 4.69) is 49.4 Å². The normalized spacial score (nSPS) is 18.0. The number of aromatic nitrogens is 3. The summed E-state index contributed by atoms with van der Waals surface area (Å²) in [6.45, 7) is 2.81. The van der Waals surface area contributed by atoms with Crippen LogP contribution < -0.4 is 10.2 Å². The van der Waals surface area contributed by atoms with Crippen LogP contribution in [0.25, 0.3) is 10.9 Å². The summed E-state index contributed by atoms with van der Waals surface area (Å²) >= 11 is 0. The van der Waals surface area contributed by atoms with Crippen LogP contribution in [-0.4, -0.2) is 34.1 Å². The molecular weight excluding hydrogens is 298 g/mol. The summed E-state index contributed by atoms with van der Waals surface area (Å²) in [7, 11) is 0. The van der Waals surface area contributed by atoms with Crippen molar-refractivity contribution in [3.05, 3.63) is 60.6 Å². The Morgan fingerprint density at radius 2 is 1.83 bits per heavy atom. The molecule has 1 aliphatic heterocycles. The van der Waals surface area contributed by atoms with Gasteiger partial charge in [-0.2, -0.15) is 0 Å². The standard InChI is InChI=1S/C19H21N5/c1-5-15-7-2-9-20-18(15)16(6-1)13-23-17-8-3-12-24(14-17)19-21-10-4-11-22-19/h1-2,4-7,9-11,17,23H,3,8,12-14H2. The topological polar surface area (TPSA) is 53.9 Å². The van der Waals surface area contributed by atoms with Crippen LogP contribution in [-0.2, 0) is 6.54 Å². The highest BCUT2D eigenvalue weighted by Gasteiger charge is 2.21. The number of anilines is 1. The monoisotopic (exact) mass is 319 g/mol. The second-order valence-corrected chi connectivity index (χ2v) is 6.21. The fourth-order valence-electron chi connectivity index (χ4n) is 3.34. The third kappa shape index (κ3) is 3.21. The predicted molar refractivity (Wildman–Crippen MR) is 95.8 cm³/mol. The first kappa shape index (κ1) is 15.0. The van der Waals surface area contributed by atoms with Crippen molar-refractivity contribution >= 4 is 16.9 Å². The van der Waals surface area contributed by atoms with Gasteiger partial charge in [-0.05, 0) is 30.5 Å². The first-order chi connectivity index (χ1) is 11.9. The Kier molecular flexibility index (Phi) is 4.34. The minimum Gasteiger partial charge on any atom is -0.339 e. The van der Waals surface area contributed by atoms with Crippen molar-refractivity contribution in [1.29, 1.82) is 0 Å². The molecule has 122 valence electrons. The lowest BCUT2D eigenvalue weighted by molar-refractivity contribution is 0.418. The van der Waals surface area contributed by atoms with Crippen molar-refractivity contribution < 1.29 is 0 Å². The minimum absolute atomic E-state index is 0.446. The molecule has 0 saturated carbocycles. The van der Waals surface area contributed by atoms with Crippen molar-refractivity contribution in [3.8, 4) is 0 Å². The number of rotatable bonds is 4. The molecule has 4 rings (SSSR count). The van der Waals surface area contributed by atoms with Crippen molar-refractivity contribution in [2.24, 2.45) is 0 Å². The highest BCUT2D eigenvalue weighted by Crippen LogP contribution is 2.18. The Hall–Kier alpha value is -2.53. The molecule has 0 amide bonds. The summed E-state index contributed by atoms with van der Waals surface area (Å²) in [4.78, 5) is 15.5. The van der Waals surface area contributed by atoms with Gasteiger partial charge >= 0.3 is 0 Å². The molecule has 1 atom stereocenters. The van der Waals surface area contributed by atoms with Gasteiger partial charge < -0.3 is 10.2 Å². The minimum atomic E-state index is 0.446. The van der Waals surface area contributed by atoms with E-state index >= 15 is 0 Å². The van der Waals surface area contributed by atoms with E-state index in [0.29, 0.717) is 6.04 Å². The Balaban J connectivity index is 1.44. The first-order valence-electron chi connectivity index (χ1n) is 8.48. The first-order valence-corrected chi connectivity index (χ1v) is 8.48. The van der Waals surface area contributed by atoms with Gasteiger partial charge in [0.1, 0.15) is 0 Å². The summed E-state index contributed by atoms with van der Waals surface area (Å²) < 4.78 is 0. The maximum atomic E-state index is 4.54. The molecule has 3 aromatic rings. The van der Waals surface area contributed by atoms with E-state index in [9.17, 15) is 0 Å². The van der Waals surface area contributed by atoms with E-state index in [1.165, 1.54) is 17.4 Å². The molecule has 1 unspecified atom stereocenters. The number of piperidine rings is 1. The molecule has 0 aliphatic carbocycles. The third-order valence-electron chi connectivity index (χ3n) is 4.55. The van der Waals surface area contributed by atoms with Gasteiger partial charge in [0.25, 0.3) is 0 Å². The van der Waals surface area contributed by atoms with Gasteiger partial charge in [-0.3, -0.25) is 4.98 Å². The van der Waals surface area contributed by atoms with E-state index in [0.717, 1.165) is 37.5 Å². The highest BCUT2D eigenvalue weighted by molar-refractivity contribution is 5.81. The Morgan fingerprint density at radius 1 is 1.00 bits per heavy atom. The molecule has 1 aromatic carbocycles. The van der Waals surface area contributed by atoms with Gasteiger partial charge in [0.15, 0.2) is 0 Å². The number of hydrogen-bond acceptors (Lipinski definition) is 5. The van der Waals surface area contributed by atoms with E-state index in [4.69, 9.17) is 0 Å². The van der Waals surface area contributed by atoms with E-state index in [1.807, 2.05) is 18.3 Å². The average Bonchev–Trinajstić information content (AvgIpc) is 2.67. The lowest BCUT2D eigenvalue weighted by Gasteiger charge is -2.33. The Bertz CT molecular complexity index is 800. The molecule has 5 heteroatoms. The van der Waals surface area contributed by atoms with Gasteiger partial charge in [-0.1, -0.05) is 24.3 Å². The Labute approximate surface area is 141 Å². The van der Waals surface area contributed by atoms with E-state index < -0.39 is 0 Å². The van der Waals surface area contributed by atoms with Crippen LogP contribution in [0.1, 0.15) is 18.4 Å². The number of para-hydroxylation sites is 1. The third-order valence-corrected chi connectivity index (χ3v) is 4.55.